The molecule has 26 heavy (non-hydrogen) atoms. The number of hydrogen-bond donors (Lipinski definition) is 1. The standard InChI is InChI=1S/C18H22N6.C2H6/c1-4-12-5-14(13-7-19-8-13)20-10-17(12)24(3)18-6-16-15(9-21-18)22-11-23(16)2;1-2/h5-6,9-11,13,19H,4,7-8H2,1-3H3;1-2H3. The second-order valence-electron chi connectivity index (χ2n) is 6.39. The molecule has 0 bridgehead atoms. The third-order valence-electron chi connectivity index (χ3n) is 4.87. The molecule has 1 fully saturated rings. The number of anilines is 2. The van der Waals surface area contributed by atoms with Crippen LogP contribution in [0.1, 0.15) is 37.9 Å². The van der Waals surface area contributed by atoms with Crippen molar-refractivity contribution in [2.24, 2.45) is 7.05 Å². The van der Waals surface area contributed by atoms with Gasteiger partial charge in [0, 0.05) is 44.9 Å². The van der Waals surface area contributed by atoms with Gasteiger partial charge in [0.2, 0.25) is 0 Å². The van der Waals surface area contributed by atoms with Crippen molar-refractivity contribution >= 4 is 22.5 Å². The van der Waals surface area contributed by atoms with E-state index in [0.717, 1.165) is 42.0 Å². The first kappa shape index (κ1) is 18.3. The van der Waals surface area contributed by atoms with Gasteiger partial charge in [0.15, 0.2) is 0 Å². The Hall–Kier alpha value is -2.47. The highest BCUT2D eigenvalue weighted by atomic mass is 15.2. The number of fused-ring (bicyclic) bond motifs is 1. The fraction of sp³-hybridized carbons (Fsp3) is 0.450. The lowest BCUT2D eigenvalue weighted by Gasteiger charge is -2.28. The van der Waals surface area contributed by atoms with E-state index < -0.39 is 0 Å². The first-order valence-electron chi connectivity index (χ1n) is 9.37. The summed E-state index contributed by atoms with van der Waals surface area (Å²) in [7, 11) is 4.05. The summed E-state index contributed by atoms with van der Waals surface area (Å²) in [5, 5.41) is 3.31. The van der Waals surface area contributed by atoms with E-state index in [-0.39, 0.29) is 0 Å². The summed E-state index contributed by atoms with van der Waals surface area (Å²) in [6, 6.07) is 4.32. The minimum absolute atomic E-state index is 0.554. The molecule has 0 atom stereocenters. The average Bonchev–Trinajstić information content (AvgIpc) is 3.02. The van der Waals surface area contributed by atoms with E-state index in [4.69, 9.17) is 4.98 Å². The summed E-state index contributed by atoms with van der Waals surface area (Å²) in [5.74, 6) is 1.46. The van der Waals surface area contributed by atoms with Gasteiger partial charge in [-0.05, 0) is 18.1 Å². The minimum Gasteiger partial charge on any atom is -0.334 e. The summed E-state index contributed by atoms with van der Waals surface area (Å²) in [6.07, 6.45) is 6.61. The van der Waals surface area contributed by atoms with Crippen LogP contribution < -0.4 is 10.2 Å². The maximum Gasteiger partial charge on any atom is 0.134 e. The number of pyridine rings is 2. The zero-order chi connectivity index (χ0) is 18.7. The lowest BCUT2D eigenvalue weighted by Crippen LogP contribution is -2.40. The molecule has 0 amide bonds. The molecular formula is C20H28N6. The van der Waals surface area contributed by atoms with Gasteiger partial charge in [-0.15, -0.1) is 0 Å². The van der Waals surface area contributed by atoms with E-state index in [0.29, 0.717) is 5.92 Å². The third kappa shape index (κ3) is 3.29. The van der Waals surface area contributed by atoms with Crippen molar-refractivity contribution in [3.8, 4) is 0 Å². The highest BCUT2D eigenvalue weighted by Gasteiger charge is 2.22. The quantitative estimate of drug-likeness (QED) is 0.780. The molecule has 0 aromatic carbocycles. The van der Waals surface area contributed by atoms with Gasteiger partial charge in [-0.3, -0.25) is 4.98 Å². The van der Waals surface area contributed by atoms with Crippen molar-refractivity contribution in [1.29, 1.82) is 0 Å². The molecule has 4 rings (SSSR count). The van der Waals surface area contributed by atoms with Gasteiger partial charge < -0.3 is 14.8 Å². The topological polar surface area (TPSA) is 58.9 Å². The van der Waals surface area contributed by atoms with Gasteiger partial charge >= 0.3 is 0 Å². The number of rotatable bonds is 4. The molecule has 4 heterocycles. The number of hydrogen-bond acceptors (Lipinski definition) is 5. The Bertz CT molecular complexity index is 881. The third-order valence-corrected chi connectivity index (χ3v) is 4.87. The van der Waals surface area contributed by atoms with Gasteiger partial charge in [0.1, 0.15) is 11.3 Å². The molecule has 138 valence electrons. The maximum atomic E-state index is 4.70. The molecule has 3 aromatic rings. The van der Waals surface area contributed by atoms with Crippen molar-refractivity contribution in [2.75, 3.05) is 25.0 Å². The minimum atomic E-state index is 0.554. The number of nitrogens with zero attached hydrogens (tertiary/aromatic N) is 5. The van der Waals surface area contributed by atoms with Crippen LogP contribution in [0.5, 0.6) is 0 Å². The van der Waals surface area contributed by atoms with E-state index >= 15 is 0 Å². The van der Waals surface area contributed by atoms with Crippen LogP contribution in [-0.4, -0.2) is 39.7 Å². The molecule has 1 aliphatic rings. The summed E-state index contributed by atoms with van der Waals surface area (Å²) in [6.45, 7) is 8.25. The maximum absolute atomic E-state index is 4.70. The molecule has 0 unspecified atom stereocenters. The molecule has 0 radical (unpaired) electrons. The van der Waals surface area contributed by atoms with Crippen molar-refractivity contribution in [2.45, 2.75) is 33.1 Å². The van der Waals surface area contributed by atoms with Crippen molar-refractivity contribution in [3.05, 3.63) is 42.1 Å². The Morgan fingerprint density at radius 2 is 1.92 bits per heavy atom. The van der Waals surface area contributed by atoms with E-state index in [1.807, 2.05) is 51.2 Å². The Morgan fingerprint density at radius 3 is 2.58 bits per heavy atom. The van der Waals surface area contributed by atoms with Crippen LogP contribution in [-0.2, 0) is 13.5 Å². The van der Waals surface area contributed by atoms with Crippen molar-refractivity contribution in [3.63, 3.8) is 0 Å². The molecule has 0 saturated carbocycles. The summed E-state index contributed by atoms with van der Waals surface area (Å²) in [4.78, 5) is 15.7. The number of imidazole rings is 1. The molecule has 0 spiro atoms. The molecule has 1 N–H and O–H groups in total. The average molecular weight is 352 g/mol. The predicted molar refractivity (Wildman–Crippen MR) is 107 cm³/mol. The Morgan fingerprint density at radius 1 is 1.15 bits per heavy atom. The largest absolute Gasteiger partial charge is 0.334 e. The van der Waals surface area contributed by atoms with Crippen LogP contribution in [0.2, 0.25) is 0 Å². The molecule has 6 nitrogen and oxygen atoms in total. The second-order valence-corrected chi connectivity index (χ2v) is 6.39. The van der Waals surface area contributed by atoms with Crippen LogP contribution in [0.3, 0.4) is 0 Å². The molecule has 1 aliphatic heterocycles. The van der Waals surface area contributed by atoms with Crippen LogP contribution in [0.25, 0.3) is 11.0 Å². The Labute approximate surface area is 155 Å². The first-order valence-corrected chi connectivity index (χ1v) is 9.37. The van der Waals surface area contributed by atoms with Gasteiger partial charge in [-0.25, -0.2) is 9.97 Å². The van der Waals surface area contributed by atoms with Gasteiger partial charge in [-0.1, -0.05) is 20.8 Å². The zero-order valence-corrected chi connectivity index (χ0v) is 16.3. The fourth-order valence-electron chi connectivity index (χ4n) is 3.14. The van der Waals surface area contributed by atoms with Crippen LogP contribution in [0, 0.1) is 0 Å². The lowest BCUT2D eigenvalue weighted by molar-refractivity contribution is 0.439. The van der Waals surface area contributed by atoms with Gasteiger partial charge in [0.05, 0.1) is 29.9 Å². The molecule has 3 aromatic heterocycles. The number of aromatic nitrogens is 4. The van der Waals surface area contributed by atoms with Gasteiger partial charge in [0.25, 0.3) is 0 Å². The van der Waals surface area contributed by atoms with E-state index in [2.05, 4.69) is 39.2 Å². The second kappa shape index (κ2) is 7.83. The zero-order valence-electron chi connectivity index (χ0n) is 16.3. The van der Waals surface area contributed by atoms with E-state index in [1.54, 1.807) is 0 Å². The highest BCUT2D eigenvalue weighted by molar-refractivity contribution is 5.79. The molecule has 1 saturated heterocycles. The van der Waals surface area contributed by atoms with E-state index in [1.165, 1.54) is 11.3 Å². The Balaban J connectivity index is 0.000000948. The molecule has 0 aliphatic carbocycles. The van der Waals surface area contributed by atoms with Gasteiger partial charge in [-0.2, -0.15) is 0 Å². The van der Waals surface area contributed by atoms with Crippen LogP contribution in [0.4, 0.5) is 11.5 Å². The monoisotopic (exact) mass is 352 g/mol. The summed E-state index contributed by atoms with van der Waals surface area (Å²) in [5.41, 5.74) is 5.60. The van der Waals surface area contributed by atoms with E-state index in [9.17, 15) is 0 Å². The smallest absolute Gasteiger partial charge is 0.134 e. The number of aryl methyl sites for hydroxylation is 2. The SMILES string of the molecule is CC.CCc1cc(C2CNC2)ncc1N(C)c1cc2c(cn1)ncn2C. The lowest BCUT2D eigenvalue weighted by atomic mass is 9.96. The first-order chi connectivity index (χ1) is 12.7. The normalized spacial score (nSPS) is 13.9. The fourth-order valence-corrected chi connectivity index (χ4v) is 3.14. The van der Waals surface area contributed by atoms with Crippen molar-refractivity contribution in [1.82, 2.24) is 24.8 Å². The van der Waals surface area contributed by atoms with Crippen LogP contribution in [0.15, 0.2) is 30.9 Å². The van der Waals surface area contributed by atoms with Crippen molar-refractivity contribution < 1.29 is 0 Å². The molecular weight excluding hydrogens is 324 g/mol. The summed E-state index contributed by atoms with van der Waals surface area (Å²) >= 11 is 0. The summed E-state index contributed by atoms with van der Waals surface area (Å²) < 4.78 is 2.01. The molecule has 6 heteroatoms. The number of nitrogens with one attached hydrogen (secondary N) is 1. The Kier molecular flexibility index (Phi) is 5.52. The highest BCUT2D eigenvalue weighted by Crippen LogP contribution is 2.29. The van der Waals surface area contributed by atoms with Crippen LogP contribution >= 0.6 is 0 Å². The predicted octanol–water partition coefficient (Wildman–Crippen LogP) is 3.41.